The number of benzene rings is 2. The van der Waals surface area contributed by atoms with Crippen LogP contribution in [0.3, 0.4) is 0 Å². The van der Waals surface area contributed by atoms with Gasteiger partial charge in [-0.3, -0.25) is 13.9 Å². The van der Waals surface area contributed by atoms with Crippen molar-refractivity contribution in [3.05, 3.63) is 53.1 Å². The summed E-state index contributed by atoms with van der Waals surface area (Å²) in [6, 6.07) is 10.8. The molecule has 35 heavy (non-hydrogen) atoms. The van der Waals surface area contributed by atoms with E-state index in [1.165, 1.54) is 17.9 Å². The molecule has 9 nitrogen and oxygen atoms in total. The van der Waals surface area contributed by atoms with Crippen LogP contribution >= 0.6 is 11.6 Å². The molecule has 0 saturated heterocycles. The Labute approximate surface area is 211 Å². The maximum absolute atomic E-state index is 13.6. The number of hydrogen-bond donors (Lipinski definition) is 1. The number of amides is 2. The summed E-state index contributed by atoms with van der Waals surface area (Å²) in [4.78, 5) is 27.7. The smallest absolute Gasteiger partial charge is 0.244 e. The number of ether oxygens (including phenoxy) is 2. The number of carbonyl (C=O) groups excluding carboxylic acids is 2. The van der Waals surface area contributed by atoms with Crippen molar-refractivity contribution in [2.24, 2.45) is 0 Å². The lowest BCUT2D eigenvalue weighted by Gasteiger charge is -2.32. The fourth-order valence-electron chi connectivity index (χ4n) is 3.55. The normalized spacial score (nSPS) is 13.3. The number of hydrogen-bond acceptors (Lipinski definition) is 6. The van der Waals surface area contributed by atoms with E-state index >= 15 is 0 Å². The van der Waals surface area contributed by atoms with Crippen molar-refractivity contribution >= 4 is 39.1 Å². The second-order valence-corrected chi connectivity index (χ2v) is 10.6. The minimum absolute atomic E-state index is 0.0360. The van der Waals surface area contributed by atoms with Crippen molar-refractivity contribution in [2.75, 3.05) is 29.9 Å². The van der Waals surface area contributed by atoms with E-state index in [-0.39, 0.29) is 30.7 Å². The summed E-state index contributed by atoms with van der Waals surface area (Å²) in [5, 5.41) is 3.24. The number of nitrogens with one attached hydrogen (secondary N) is 1. The van der Waals surface area contributed by atoms with Crippen LogP contribution in [0.1, 0.15) is 32.8 Å². The van der Waals surface area contributed by atoms with Crippen molar-refractivity contribution in [1.82, 2.24) is 10.2 Å². The van der Waals surface area contributed by atoms with Crippen LogP contribution in [0.4, 0.5) is 5.69 Å². The first-order chi connectivity index (χ1) is 16.7. The molecule has 1 heterocycles. The second kappa shape index (κ2) is 11.6. The second-order valence-electron chi connectivity index (χ2n) is 8.02. The third-order valence-corrected chi connectivity index (χ3v) is 7.75. The van der Waals surface area contributed by atoms with Crippen molar-refractivity contribution in [3.8, 4) is 11.5 Å². The lowest BCUT2D eigenvalue weighted by molar-refractivity contribution is -0.139. The Balaban J connectivity index is 1.94. The Bertz CT molecular complexity index is 1170. The standard InChI is InChI=1S/C24H30ClN3O6S/c1-4-12-26-24(30)17(3)27(14-18-8-6-7-9-20(18)25)23(29)15-28(35(31,32)5-2)19-10-11-21-22(13-19)34-16-33-21/h6-11,13,17H,4-5,12,14-16H2,1-3H3,(H,26,30). The molecule has 2 amide bonds. The zero-order valence-electron chi connectivity index (χ0n) is 20.0. The minimum atomic E-state index is -3.84. The van der Waals surface area contributed by atoms with Gasteiger partial charge in [0.25, 0.3) is 0 Å². The van der Waals surface area contributed by atoms with Gasteiger partial charge in [0.15, 0.2) is 11.5 Å². The first-order valence-corrected chi connectivity index (χ1v) is 13.4. The van der Waals surface area contributed by atoms with Crippen LogP contribution in [0.2, 0.25) is 5.02 Å². The Kier molecular flexibility index (Phi) is 8.85. The highest BCUT2D eigenvalue weighted by atomic mass is 35.5. The summed E-state index contributed by atoms with van der Waals surface area (Å²) < 4.78 is 37.7. The highest BCUT2D eigenvalue weighted by Crippen LogP contribution is 2.36. The summed E-state index contributed by atoms with van der Waals surface area (Å²) in [7, 11) is -3.84. The summed E-state index contributed by atoms with van der Waals surface area (Å²) in [6.45, 7) is 5.09. The summed E-state index contributed by atoms with van der Waals surface area (Å²) in [5.41, 5.74) is 0.913. The Morgan fingerprint density at radius 3 is 2.51 bits per heavy atom. The zero-order valence-corrected chi connectivity index (χ0v) is 21.6. The first-order valence-electron chi connectivity index (χ1n) is 11.4. The predicted octanol–water partition coefficient (Wildman–Crippen LogP) is 3.17. The third-order valence-electron chi connectivity index (χ3n) is 5.64. The molecule has 0 aromatic heterocycles. The van der Waals surface area contributed by atoms with E-state index in [4.69, 9.17) is 21.1 Å². The zero-order chi connectivity index (χ0) is 25.6. The molecular formula is C24H30ClN3O6S. The van der Waals surface area contributed by atoms with Gasteiger partial charge in [0.1, 0.15) is 12.6 Å². The minimum Gasteiger partial charge on any atom is -0.454 e. The number of rotatable bonds is 11. The molecular weight excluding hydrogens is 494 g/mol. The lowest BCUT2D eigenvalue weighted by Crippen LogP contribution is -2.51. The van der Waals surface area contributed by atoms with Crippen LogP contribution in [0, 0.1) is 0 Å². The number of carbonyl (C=O) groups is 2. The fraction of sp³-hybridized carbons (Fsp3) is 0.417. The van der Waals surface area contributed by atoms with Crippen LogP contribution in [0.15, 0.2) is 42.5 Å². The molecule has 11 heteroatoms. The van der Waals surface area contributed by atoms with Gasteiger partial charge in [0, 0.05) is 24.2 Å². The van der Waals surface area contributed by atoms with E-state index in [1.807, 2.05) is 6.92 Å². The molecule has 1 aliphatic heterocycles. The van der Waals surface area contributed by atoms with Gasteiger partial charge in [-0.25, -0.2) is 8.42 Å². The largest absolute Gasteiger partial charge is 0.454 e. The van der Waals surface area contributed by atoms with Gasteiger partial charge in [-0.2, -0.15) is 0 Å². The van der Waals surface area contributed by atoms with Crippen molar-refractivity contribution < 1.29 is 27.5 Å². The average molecular weight is 524 g/mol. The highest BCUT2D eigenvalue weighted by molar-refractivity contribution is 7.92. The van der Waals surface area contributed by atoms with Gasteiger partial charge >= 0.3 is 0 Å². The van der Waals surface area contributed by atoms with E-state index in [2.05, 4.69) is 5.32 Å². The first kappa shape index (κ1) is 26.6. The van der Waals surface area contributed by atoms with Crippen molar-refractivity contribution in [3.63, 3.8) is 0 Å². The molecule has 1 unspecified atom stereocenters. The molecule has 0 saturated carbocycles. The molecule has 0 bridgehead atoms. The SMILES string of the molecule is CCCNC(=O)C(C)N(Cc1ccccc1Cl)C(=O)CN(c1ccc2c(c1)OCO2)S(=O)(=O)CC. The van der Waals surface area contributed by atoms with Crippen LogP contribution in [0.5, 0.6) is 11.5 Å². The molecule has 190 valence electrons. The van der Waals surface area contributed by atoms with Gasteiger partial charge in [-0.1, -0.05) is 36.7 Å². The molecule has 1 atom stereocenters. The van der Waals surface area contributed by atoms with E-state index in [0.29, 0.717) is 28.6 Å². The molecule has 2 aromatic carbocycles. The Morgan fingerprint density at radius 2 is 1.83 bits per heavy atom. The summed E-state index contributed by atoms with van der Waals surface area (Å²) in [6.07, 6.45) is 0.740. The predicted molar refractivity (Wildman–Crippen MR) is 134 cm³/mol. The van der Waals surface area contributed by atoms with Crippen molar-refractivity contribution in [2.45, 2.75) is 39.8 Å². The molecule has 1 aliphatic rings. The van der Waals surface area contributed by atoms with Gasteiger partial charge < -0.3 is 19.7 Å². The number of nitrogens with zero attached hydrogens (tertiary/aromatic N) is 2. The van der Waals surface area contributed by atoms with Crippen molar-refractivity contribution in [1.29, 1.82) is 0 Å². The van der Waals surface area contributed by atoms with Gasteiger partial charge in [-0.15, -0.1) is 0 Å². The molecule has 0 spiro atoms. The van der Waals surface area contributed by atoms with Crippen LogP contribution in [0.25, 0.3) is 0 Å². The Hall–Kier alpha value is -2.98. The van der Waals surface area contributed by atoms with E-state index in [1.54, 1.807) is 43.3 Å². The van der Waals surface area contributed by atoms with Gasteiger partial charge in [-0.05, 0) is 44.0 Å². The maximum atomic E-state index is 13.6. The quantitative estimate of drug-likeness (QED) is 0.485. The highest BCUT2D eigenvalue weighted by Gasteiger charge is 2.32. The van der Waals surface area contributed by atoms with Gasteiger partial charge in [0.05, 0.1) is 11.4 Å². The number of halogens is 1. The van der Waals surface area contributed by atoms with E-state index < -0.39 is 28.5 Å². The fourth-order valence-corrected chi connectivity index (χ4v) is 4.80. The van der Waals surface area contributed by atoms with Crippen LogP contribution < -0.4 is 19.1 Å². The Morgan fingerprint density at radius 1 is 1.11 bits per heavy atom. The lowest BCUT2D eigenvalue weighted by atomic mass is 10.1. The van der Waals surface area contributed by atoms with E-state index in [9.17, 15) is 18.0 Å². The number of anilines is 1. The average Bonchev–Trinajstić information content (AvgIpc) is 3.32. The molecule has 0 radical (unpaired) electrons. The number of sulfonamides is 1. The molecule has 3 rings (SSSR count). The van der Waals surface area contributed by atoms with Gasteiger partial charge in [0.2, 0.25) is 28.6 Å². The summed E-state index contributed by atoms with van der Waals surface area (Å²) >= 11 is 6.32. The number of fused-ring (bicyclic) bond motifs is 1. The molecule has 2 aromatic rings. The maximum Gasteiger partial charge on any atom is 0.244 e. The van der Waals surface area contributed by atoms with Crippen LogP contribution in [-0.4, -0.2) is 56.8 Å². The molecule has 0 aliphatic carbocycles. The third kappa shape index (κ3) is 6.37. The molecule has 0 fully saturated rings. The van der Waals surface area contributed by atoms with Crippen LogP contribution in [-0.2, 0) is 26.2 Å². The molecule has 1 N–H and O–H groups in total. The summed E-state index contributed by atoms with van der Waals surface area (Å²) in [5.74, 6) is -0.202. The van der Waals surface area contributed by atoms with E-state index in [0.717, 1.165) is 10.7 Å². The topological polar surface area (TPSA) is 105 Å². The monoisotopic (exact) mass is 523 g/mol.